The molecule has 0 saturated heterocycles. The van der Waals surface area contributed by atoms with Crippen LogP contribution in [0, 0.1) is 5.92 Å². The summed E-state index contributed by atoms with van der Waals surface area (Å²) in [5, 5.41) is 3.96. The largest absolute Gasteiger partial charge is 0.324 e. The molecule has 1 aliphatic carbocycles. The molecular weight excluding hydrogens is 252 g/mol. The summed E-state index contributed by atoms with van der Waals surface area (Å²) in [5.74, 6) is 0.197. The Labute approximate surface area is 117 Å². The third-order valence-electron chi connectivity index (χ3n) is 3.80. The summed E-state index contributed by atoms with van der Waals surface area (Å²) in [6.45, 7) is 0. The number of rotatable bonds is 2. The predicted molar refractivity (Wildman–Crippen MR) is 77.3 cm³/mol. The van der Waals surface area contributed by atoms with Crippen LogP contribution in [0.15, 0.2) is 36.5 Å². The Bertz CT molecular complexity index is 651. The van der Waals surface area contributed by atoms with E-state index in [2.05, 4.69) is 10.3 Å². The SMILES string of the molecule is O=C1CCC(C(=O)Nc2cccc3cccnc23)CC1. The average molecular weight is 268 g/mol. The van der Waals surface area contributed by atoms with Gasteiger partial charge in [-0.2, -0.15) is 0 Å². The number of amides is 1. The van der Waals surface area contributed by atoms with Crippen LogP contribution in [0.4, 0.5) is 5.69 Å². The van der Waals surface area contributed by atoms with Crippen molar-refractivity contribution in [3.8, 4) is 0 Å². The van der Waals surface area contributed by atoms with Crippen molar-refractivity contribution in [3.63, 3.8) is 0 Å². The van der Waals surface area contributed by atoms with E-state index in [4.69, 9.17) is 0 Å². The normalized spacial score (nSPS) is 16.3. The van der Waals surface area contributed by atoms with Crippen LogP contribution in [0.3, 0.4) is 0 Å². The van der Waals surface area contributed by atoms with Gasteiger partial charge in [-0.1, -0.05) is 18.2 Å². The van der Waals surface area contributed by atoms with Gasteiger partial charge >= 0.3 is 0 Å². The lowest BCUT2D eigenvalue weighted by molar-refractivity contribution is -0.125. The van der Waals surface area contributed by atoms with Gasteiger partial charge in [0.25, 0.3) is 0 Å². The average Bonchev–Trinajstić information content (AvgIpc) is 2.48. The van der Waals surface area contributed by atoms with Gasteiger partial charge in [0, 0.05) is 30.3 Å². The van der Waals surface area contributed by atoms with Gasteiger partial charge in [0.2, 0.25) is 5.91 Å². The van der Waals surface area contributed by atoms with Gasteiger partial charge in [0.15, 0.2) is 0 Å². The molecule has 0 radical (unpaired) electrons. The topological polar surface area (TPSA) is 59.1 Å². The van der Waals surface area contributed by atoms with Gasteiger partial charge in [0.1, 0.15) is 5.78 Å². The number of nitrogens with one attached hydrogen (secondary N) is 1. The molecule has 1 N–H and O–H groups in total. The molecule has 0 aliphatic heterocycles. The van der Waals surface area contributed by atoms with E-state index in [1.54, 1.807) is 6.20 Å². The van der Waals surface area contributed by atoms with E-state index in [1.165, 1.54) is 0 Å². The first kappa shape index (κ1) is 12.8. The highest BCUT2D eigenvalue weighted by molar-refractivity contribution is 6.01. The third kappa shape index (κ3) is 2.54. The number of carbonyl (C=O) groups excluding carboxylic acids is 2. The van der Waals surface area contributed by atoms with Crippen LogP contribution in [-0.2, 0) is 9.59 Å². The molecule has 20 heavy (non-hydrogen) atoms. The van der Waals surface area contributed by atoms with E-state index in [0.29, 0.717) is 25.7 Å². The molecule has 0 spiro atoms. The van der Waals surface area contributed by atoms with Crippen molar-refractivity contribution in [1.29, 1.82) is 0 Å². The molecule has 1 heterocycles. The molecule has 1 fully saturated rings. The number of fused-ring (bicyclic) bond motifs is 1. The Balaban J connectivity index is 1.79. The lowest BCUT2D eigenvalue weighted by atomic mass is 9.88. The first-order chi connectivity index (χ1) is 9.74. The highest BCUT2D eigenvalue weighted by atomic mass is 16.2. The Morgan fingerprint density at radius 3 is 2.70 bits per heavy atom. The minimum absolute atomic E-state index is 0.00402. The number of para-hydroxylation sites is 1. The van der Waals surface area contributed by atoms with Crippen LogP contribution in [-0.4, -0.2) is 16.7 Å². The maximum absolute atomic E-state index is 12.3. The van der Waals surface area contributed by atoms with E-state index in [1.807, 2.05) is 30.3 Å². The predicted octanol–water partition coefficient (Wildman–Crippen LogP) is 2.93. The minimum Gasteiger partial charge on any atom is -0.324 e. The zero-order chi connectivity index (χ0) is 13.9. The van der Waals surface area contributed by atoms with Crippen molar-refractivity contribution in [2.24, 2.45) is 5.92 Å². The summed E-state index contributed by atoms with van der Waals surface area (Å²) >= 11 is 0. The van der Waals surface area contributed by atoms with Crippen LogP contribution in [0.1, 0.15) is 25.7 Å². The summed E-state index contributed by atoms with van der Waals surface area (Å²) in [7, 11) is 0. The second-order valence-corrected chi connectivity index (χ2v) is 5.18. The summed E-state index contributed by atoms with van der Waals surface area (Å²) in [4.78, 5) is 27.8. The van der Waals surface area contributed by atoms with Crippen molar-refractivity contribution in [1.82, 2.24) is 4.98 Å². The summed E-state index contributed by atoms with van der Waals surface area (Å²) < 4.78 is 0. The molecule has 4 heteroatoms. The first-order valence-corrected chi connectivity index (χ1v) is 6.90. The zero-order valence-corrected chi connectivity index (χ0v) is 11.1. The van der Waals surface area contributed by atoms with Crippen molar-refractivity contribution < 1.29 is 9.59 Å². The van der Waals surface area contributed by atoms with E-state index in [-0.39, 0.29) is 17.6 Å². The van der Waals surface area contributed by atoms with Crippen LogP contribution in [0.2, 0.25) is 0 Å². The molecule has 2 aromatic rings. The minimum atomic E-state index is -0.0633. The zero-order valence-electron chi connectivity index (χ0n) is 11.1. The van der Waals surface area contributed by atoms with Crippen LogP contribution >= 0.6 is 0 Å². The van der Waals surface area contributed by atoms with Crippen molar-refractivity contribution >= 4 is 28.3 Å². The quantitative estimate of drug-likeness (QED) is 0.911. The van der Waals surface area contributed by atoms with Crippen LogP contribution < -0.4 is 5.32 Å². The molecule has 4 nitrogen and oxygen atoms in total. The summed E-state index contributed by atoms with van der Waals surface area (Å²) in [6, 6.07) is 9.58. The van der Waals surface area contributed by atoms with Crippen molar-refractivity contribution in [3.05, 3.63) is 36.5 Å². The fourth-order valence-corrected chi connectivity index (χ4v) is 2.64. The van der Waals surface area contributed by atoms with Crippen LogP contribution in [0.5, 0.6) is 0 Å². The molecule has 1 aliphatic rings. The molecule has 0 unspecified atom stereocenters. The number of hydrogen-bond donors (Lipinski definition) is 1. The second-order valence-electron chi connectivity index (χ2n) is 5.18. The van der Waals surface area contributed by atoms with Gasteiger partial charge in [-0.05, 0) is 25.0 Å². The number of ketones is 1. The van der Waals surface area contributed by atoms with Gasteiger partial charge < -0.3 is 5.32 Å². The highest BCUT2D eigenvalue weighted by Crippen LogP contribution is 2.25. The van der Waals surface area contributed by atoms with E-state index in [0.717, 1.165) is 16.6 Å². The molecule has 3 rings (SSSR count). The smallest absolute Gasteiger partial charge is 0.227 e. The molecule has 1 saturated carbocycles. The van der Waals surface area contributed by atoms with E-state index in [9.17, 15) is 9.59 Å². The second kappa shape index (κ2) is 5.41. The molecule has 1 aromatic heterocycles. The number of benzene rings is 1. The molecule has 0 atom stereocenters. The Hall–Kier alpha value is -2.23. The Morgan fingerprint density at radius 1 is 1.15 bits per heavy atom. The number of anilines is 1. The fourth-order valence-electron chi connectivity index (χ4n) is 2.64. The van der Waals surface area contributed by atoms with Gasteiger partial charge in [-0.15, -0.1) is 0 Å². The molecular formula is C16H16N2O2. The Kier molecular flexibility index (Phi) is 3.46. The first-order valence-electron chi connectivity index (χ1n) is 6.90. The molecule has 102 valence electrons. The fraction of sp³-hybridized carbons (Fsp3) is 0.312. The maximum atomic E-state index is 12.3. The van der Waals surface area contributed by atoms with Gasteiger partial charge in [-0.25, -0.2) is 0 Å². The van der Waals surface area contributed by atoms with Crippen molar-refractivity contribution in [2.45, 2.75) is 25.7 Å². The monoisotopic (exact) mass is 268 g/mol. The third-order valence-corrected chi connectivity index (χ3v) is 3.80. The number of Topliss-reactive ketones (excluding diaryl/α,β-unsaturated/α-hetero) is 1. The lowest BCUT2D eigenvalue weighted by Gasteiger charge is -2.20. The highest BCUT2D eigenvalue weighted by Gasteiger charge is 2.25. The van der Waals surface area contributed by atoms with Gasteiger partial charge in [0.05, 0.1) is 11.2 Å². The van der Waals surface area contributed by atoms with Crippen LogP contribution in [0.25, 0.3) is 10.9 Å². The summed E-state index contributed by atoms with van der Waals surface area (Å²) in [5.41, 5.74) is 1.54. The Morgan fingerprint density at radius 2 is 1.90 bits per heavy atom. The maximum Gasteiger partial charge on any atom is 0.227 e. The number of pyridine rings is 1. The van der Waals surface area contributed by atoms with E-state index < -0.39 is 0 Å². The van der Waals surface area contributed by atoms with E-state index >= 15 is 0 Å². The lowest BCUT2D eigenvalue weighted by Crippen LogP contribution is -2.27. The molecule has 1 amide bonds. The number of aromatic nitrogens is 1. The number of carbonyl (C=O) groups is 2. The molecule has 1 aromatic carbocycles. The van der Waals surface area contributed by atoms with Gasteiger partial charge in [-0.3, -0.25) is 14.6 Å². The number of nitrogens with zero attached hydrogens (tertiary/aromatic N) is 1. The van der Waals surface area contributed by atoms with Crippen molar-refractivity contribution in [2.75, 3.05) is 5.32 Å². The molecule has 0 bridgehead atoms. The summed E-state index contributed by atoms with van der Waals surface area (Å²) in [6.07, 6.45) is 4.07. The standard InChI is InChI=1S/C16H16N2O2/c19-13-8-6-12(7-9-13)16(20)18-14-5-1-3-11-4-2-10-17-15(11)14/h1-5,10,12H,6-9H2,(H,18,20). The number of hydrogen-bond acceptors (Lipinski definition) is 3.